The number of esters is 1. The predicted octanol–water partition coefficient (Wildman–Crippen LogP) is 3.02. The molecule has 1 N–H and O–H groups in total. The Morgan fingerprint density at radius 2 is 2.05 bits per heavy atom. The highest BCUT2D eigenvalue weighted by Crippen LogP contribution is 2.73. The van der Waals surface area contributed by atoms with Crippen molar-refractivity contribution in [3.63, 3.8) is 0 Å². The molecule has 0 bridgehead atoms. The molecule has 3 aliphatic rings. The van der Waals surface area contributed by atoms with Crippen molar-refractivity contribution in [1.82, 2.24) is 0 Å². The zero-order valence-corrected chi connectivity index (χ0v) is 13.2. The summed E-state index contributed by atoms with van der Waals surface area (Å²) in [7, 11) is 0. The van der Waals surface area contributed by atoms with Crippen LogP contribution in [0, 0.1) is 28.6 Å². The Balaban J connectivity index is 2.11. The molecule has 0 radical (unpaired) electrons. The largest absolute Gasteiger partial charge is 0.478 e. The van der Waals surface area contributed by atoms with Gasteiger partial charge < -0.3 is 9.84 Å². The summed E-state index contributed by atoms with van der Waals surface area (Å²) in [4.78, 5) is 23.2. The van der Waals surface area contributed by atoms with Gasteiger partial charge in [0.2, 0.25) is 0 Å². The first kappa shape index (κ1) is 14.6. The summed E-state index contributed by atoms with van der Waals surface area (Å²) < 4.78 is 5.70. The van der Waals surface area contributed by atoms with Crippen LogP contribution >= 0.6 is 0 Å². The highest BCUT2D eigenvalue weighted by molar-refractivity contribution is 5.88. The van der Waals surface area contributed by atoms with E-state index in [-0.39, 0.29) is 28.8 Å². The van der Waals surface area contributed by atoms with Gasteiger partial charge in [0.1, 0.15) is 6.10 Å². The maximum absolute atomic E-state index is 11.6. The topological polar surface area (TPSA) is 63.6 Å². The lowest BCUT2D eigenvalue weighted by Gasteiger charge is -2.45. The Hall–Kier alpha value is -1.32. The number of allylic oxidation sites excluding steroid dienone is 1. The van der Waals surface area contributed by atoms with E-state index in [9.17, 15) is 14.7 Å². The van der Waals surface area contributed by atoms with Crippen molar-refractivity contribution in [3.8, 4) is 0 Å². The van der Waals surface area contributed by atoms with Crippen LogP contribution in [-0.2, 0) is 14.3 Å². The second kappa shape index (κ2) is 4.34. The molecular weight excluding hydrogens is 268 g/mol. The Morgan fingerprint density at radius 3 is 2.62 bits per heavy atom. The van der Waals surface area contributed by atoms with Gasteiger partial charge in [0, 0.05) is 17.9 Å². The highest BCUT2D eigenvalue weighted by atomic mass is 16.5. The number of carboxylic acid groups (broad SMARTS) is 1. The van der Waals surface area contributed by atoms with Gasteiger partial charge >= 0.3 is 11.9 Å². The average molecular weight is 292 g/mol. The van der Waals surface area contributed by atoms with Gasteiger partial charge in [-0.3, -0.25) is 4.79 Å². The van der Waals surface area contributed by atoms with Crippen molar-refractivity contribution in [2.75, 3.05) is 0 Å². The first-order valence-electron chi connectivity index (χ1n) is 7.87. The fourth-order valence-corrected chi connectivity index (χ4v) is 6.00. The zero-order valence-electron chi connectivity index (χ0n) is 13.2. The molecule has 2 saturated carbocycles. The van der Waals surface area contributed by atoms with E-state index < -0.39 is 5.97 Å². The molecule has 0 heterocycles. The molecular formula is C17H24O4. The van der Waals surface area contributed by atoms with Crippen LogP contribution in [0.4, 0.5) is 0 Å². The number of carbonyl (C=O) groups is 2. The standard InChI is InChI=1S/C17H24O4/c1-9-7-14(21-11(3)18)17-10(2)12(15(19)20)8-16(17,4)6-5-13(9)17/h8-10,13-14H,5-7H2,1-4H3,(H,19,20)/t9-,10+,13+,14-,16+,17+/m0/s1. The van der Waals surface area contributed by atoms with Gasteiger partial charge in [-0.2, -0.15) is 0 Å². The molecule has 1 spiro atoms. The van der Waals surface area contributed by atoms with E-state index in [1.807, 2.05) is 13.0 Å². The van der Waals surface area contributed by atoms with Crippen molar-refractivity contribution in [2.24, 2.45) is 28.6 Å². The summed E-state index contributed by atoms with van der Waals surface area (Å²) in [6.07, 6.45) is 4.74. The number of carboxylic acids is 1. The summed E-state index contributed by atoms with van der Waals surface area (Å²) >= 11 is 0. The molecule has 0 aromatic rings. The minimum absolute atomic E-state index is 0.0678. The van der Waals surface area contributed by atoms with Crippen LogP contribution < -0.4 is 0 Å². The smallest absolute Gasteiger partial charge is 0.331 e. The Kier molecular flexibility index (Phi) is 3.02. The average Bonchev–Trinajstić information content (AvgIpc) is 2.89. The van der Waals surface area contributed by atoms with Crippen LogP contribution in [0.2, 0.25) is 0 Å². The number of ether oxygens (including phenoxy) is 1. The number of aliphatic carboxylic acids is 1. The molecule has 4 heteroatoms. The second-order valence-corrected chi connectivity index (χ2v) is 7.43. The summed E-state index contributed by atoms with van der Waals surface area (Å²) in [6, 6.07) is 0. The van der Waals surface area contributed by atoms with Crippen LogP contribution in [0.1, 0.15) is 47.0 Å². The van der Waals surface area contributed by atoms with E-state index >= 15 is 0 Å². The molecule has 0 aliphatic heterocycles. The molecule has 4 nitrogen and oxygen atoms in total. The zero-order chi connectivity index (χ0) is 15.6. The number of rotatable bonds is 2. The van der Waals surface area contributed by atoms with Crippen LogP contribution in [0.25, 0.3) is 0 Å². The third-order valence-corrected chi connectivity index (χ3v) is 6.60. The monoisotopic (exact) mass is 292 g/mol. The summed E-state index contributed by atoms with van der Waals surface area (Å²) in [6.45, 7) is 7.84. The minimum atomic E-state index is -0.827. The van der Waals surface area contributed by atoms with Gasteiger partial charge in [0.15, 0.2) is 0 Å². The molecule has 0 saturated heterocycles. The van der Waals surface area contributed by atoms with Crippen molar-refractivity contribution in [3.05, 3.63) is 11.6 Å². The quantitative estimate of drug-likeness (QED) is 0.795. The Labute approximate surface area is 125 Å². The molecule has 0 amide bonds. The third kappa shape index (κ3) is 1.62. The van der Waals surface area contributed by atoms with E-state index in [1.165, 1.54) is 6.92 Å². The predicted molar refractivity (Wildman–Crippen MR) is 77.5 cm³/mol. The fourth-order valence-electron chi connectivity index (χ4n) is 6.00. The van der Waals surface area contributed by atoms with E-state index in [0.717, 1.165) is 19.3 Å². The van der Waals surface area contributed by atoms with Crippen molar-refractivity contribution >= 4 is 11.9 Å². The minimum Gasteiger partial charge on any atom is -0.478 e. The maximum atomic E-state index is 11.6. The summed E-state index contributed by atoms with van der Waals surface area (Å²) in [5, 5.41) is 9.53. The molecule has 2 fully saturated rings. The summed E-state index contributed by atoms with van der Waals surface area (Å²) in [5.41, 5.74) is 0.107. The molecule has 116 valence electrons. The van der Waals surface area contributed by atoms with E-state index in [4.69, 9.17) is 4.74 Å². The van der Waals surface area contributed by atoms with Crippen molar-refractivity contribution in [2.45, 2.75) is 53.1 Å². The van der Waals surface area contributed by atoms with Crippen LogP contribution in [0.15, 0.2) is 11.6 Å². The molecule has 0 aromatic heterocycles. The lowest BCUT2D eigenvalue weighted by Crippen LogP contribution is -2.47. The normalized spacial score (nSPS) is 47.7. The molecule has 21 heavy (non-hydrogen) atoms. The maximum Gasteiger partial charge on any atom is 0.331 e. The van der Waals surface area contributed by atoms with Crippen molar-refractivity contribution < 1.29 is 19.4 Å². The van der Waals surface area contributed by atoms with E-state index in [1.54, 1.807) is 0 Å². The molecule has 6 atom stereocenters. The highest BCUT2D eigenvalue weighted by Gasteiger charge is 2.72. The lowest BCUT2D eigenvalue weighted by molar-refractivity contribution is -0.158. The first-order chi connectivity index (χ1) is 9.74. The number of hydrogen-bond acceptors (Lipinski definition) is 3. The SMILES string of the molecule is CC(=O)O[C@H]1C[C@H](C)[C@H]2CC[C@]3(C)C=C(C(=O)O)[C@@H](C)[C@]123. The Morgan fingerprint density at radius 1 is 1.38 bits per heavy atom. The Bertz CT molecular complexity index is 537. The number of carbonyl (C=O) groups excluding carboxylic acids is 1. The van der Waals surface area contributed by atoms with Crippen molar-refractivity contribution in [1.29, 1.82) is 0 Å². The molecule has 0 unspecified atom stereocenters. The van der Waals surface area contributed by atoms with Crippen LogP contribution in [0.3, 0.4) is 0 Å². The first-order valence-corrected chi connectivity index (χ1v) is 7.87. The lowest BCUT2D eigenvalue weighted by atomic mass is 9.60. The van der Waals surface area contributed by atoms with Gasteiger partial charge in [-0.15, -0.1) is 0 Å². The summed E-state index contributed by atoms with van der Waals surface area (Å²) in [5.74, 6) is -0.239. The van der Waals surface area contributed by atoms with Gasteiger partial charge in [-0.05, 0) is 42.4 Å². The fraction of sp³-hybridized carbons (Fsp3) is 0.765. The van der Waals surface area contributed by atoms with E-state index in [0.29, 0.717) is 17.4 Å². The second-order valence-electron chi connectivity index (χ2n) is 7.43. The van der Waals surface area contributed by atoms with Gasteiger partial charge in [0.25, 0.3) is 0 Å². The molecule has 3 aliphatic carbocycles. The van der Waals surface area contributed by atoms with Gasteiger partial charge in [-0.25, -0.2) is 4.79 Å². The van der Waals surface area contributed by atoms with Gasteiger partial charge in [0.05, 0.1) is 0 Å². The number of hydrogen-bond donors (Lipinski definition) is 1. The van der Waals surface area contributed by atoms with E-state index in [2.05, 4.69) is 13.8 Å². The van der Waals surface area contributed by atoms with Crippen LogP contribution in [-0.4, -0.2) is 23.1 Å². The third-order valence-electron chi connectivity index (χ3n) is 6.60. The van der Waals surface area contributed by atoms with Gasteiger partial charge in [-0.1, -0.05) is 26.8 Å². The molecule has 3 rings (SSSR count). The molecule has 0 aromatic carbocycles. The van der Waals surface area contributed by atoms with Crippen LogP contribution in [0.5, 0.6) is 0 Å².